The highest BCUT2D eigenvalue weighted by Crippen LogP contribution is 2.13. The van der Waals surface area contributed by atoms with Crippen LogP contribution in [0.2, 0.25) is 5.15 Å². The first kappa shape index (κ1) is 15.5. The number of halogens is 1. The summed E-state index contributed by atoms with van der Waals surface area (Å²) in [5.41, 5.74) is 2.47. The fraction of sp³-hybridized carbons (Fsp3) is 0.250. The van der Waals surface area contributed by atoms with Crippen LogP contribution in [0, 0.1) is 0 Å². The highest BCUT2D eigenvalue weighted by molar-refractivity contribution is 6.32. The smallest absolute Gasteiger partial charge is 0.254 e. The first-order valence-electron chi connectivity index (χ1n) is 6.75. The maximum atomic E-state index is 12.1. The molecule has 1 heterocycles. The van der Waals surface area contributed by atoms with E-state index in [0.29, 0.717) is 25.3 Å². The number of carbonyl (C=O) groups excluding carboxylic acids is 1. The number of benzene rings is 1. The van der Waals surface area contributed by atoms with Crippen LogP contribution in [0.3, 0.4) is 0 Å². The van der Waals surface area contributed by atoms with E-state index in [1.807, 2.05) is 31.2 Å². The van der Waals surface area contributed by atoms with Gasteiger partial charge in [-0.25, -0.2) is 4.98 Å². The summed E-state index contributed by atoms with van der Waals surface area (Å²) in [6.45, 7) is 3.57. The molecule has 0 fully saturated rings. The predicted octanol–water partition coefficient (Wildman–Crippen LogP) is 3.20. The molecule has 0 aliphatic carbocycles. The SMILES string of the molecule is CCOCc1ccccc1CNC(=O)c1cccnc1Cl. The summed E-state index contributed by atoms with van der Waals surface area (Å²) in [4.78, 5) is 16.0. The molecule has 1 aromatic carbocycles. The van der Waals surface area contributed by atoms with Crippen molar-refractivity contribution in [1.82, 2.24) is 10.3 Å². The summed E-state index contributed by atoms with van der Waals surface area (Å²) in [6, 6.07) is 11.2. The summed E-state index contributed by atoms with van der Waals surface area (Å²) < 4.78 is 5.43. The third-order valence-electron chi connectivity index (χ3n) is 3.02. The van der Waals surface area contributed by atoms with Crippen molar-refractivity contribution in [3.8, 4) is 0 Å². The molecule has 2 aromatic rings. The fourth-order valence-electron chi connectivity index (χ4n) is 1.91. The van der Waals surface area contributed by atoms with Gasteiger partial charge in [0.15, 0.2) is 0 Å². The average molecular weight is 305 g/mol. The number of nitrogens with one attached hydrogen (secondary N) is 1. The zero-order chi connectivity index (χ0) is 15.1. The third-order valence-corrected chi connectivity index (χ3v) is 3.32. The van der Waals surface area contributed by atoms with Crippen molar-refractivity contribution in [2.24, 2.45) is 0 Å². The first-order chi connectivity index (χ1) is 10.2. The highest BCUT2D eigenvalue weighted by atomic mass is 35.5. The molecule has 0 aliphatic rings. The third kappa shape index (κ3) is 4.28. The van der Waals surface area contributed by atoms with E-state index in [4.69, 9.17) is 16.3 Å². The maximum absolute atomic E-state index is 12.1. The number of amides is 1. The van der Waals surface area contributed by atoms with Gasteiger partial charge in [0.1, 0.15) is 5.15 Å². The Bertz CT molecular complexity index is 617. The minimum atomic E-state index is -0.237. The zero-order valence-corrected chi connectivity index (χ0v) is 12.6. The van der Waals surface area contributed by atoms with Gasteiger partial charge in [0.05, 0.1) is 12.2 Å². The number of rotatable bonds is 6. The van der Waals surface area contributed by atoms with Gasteiger partial charge in [0.2, 0.25) is 0 Å². The van der Waals surface area contributed by atoms with Gasteiger partial charge in [-0.3, -0.25) is 4.79 Å². The minimum Gasteiger partial charge on any atom is -0.377 e. The lowest BCUT2D eigenvalue weighted by Gasteiger charge is -2.11. The van der Waals surface area contributed by atoms with Gasteiger partial charge in [0, 0.05) is 19.3 Å². The Kier molecular flexibility index (Phi) is 5.72. The molecule has 0 saturated carbocycles. The van der Waals surface area contributed by atoms with Crippen LogP contribution in [0.15, 0.2) is 42.6 Å². The Labute approximate surface area is 129 Å². The number of ether oxygens (including phenoxy) is 1. The van der Waals surface area contributed by atoms with E-state index in [9.17, 15) is 4.79 Å². The summed E-state index contributed by atoms with van der Waals surface area (Å²) in [5, 5.41) is 3.06. The van der Waals surface area contributed by atoms with E-state index in [1.54, 1.807) is 18.3 Å². The summed E-state index contributed by atoms with van der Waals surface area (Å²) >= 11 is 5.91. The lowest BCUT2D eigenvalue weighted by molar-refractivity contribution is 0.0949. The molecule has 0 spiro atoms. The van der Waals surface area contributed by atoms with Crippen molar-refractivity contribution in [3.63, 3.8) is 0 Å². The second kappa shape index (κ2) is 7.76. The van der Waals surface area contributed by atoms with Crippen molar-refractivity contribution in [3.05, 3.63) is 64.4 Å². The maximum Gasteiger partial charge on any atom is 0.254 e. The molecule has 110 valence electrons. The van der Waals surface area contributed by atoms with Crippen molar-refractivity contribution in [2.75, 3.05) is 6.61 Å². The predicted molar refractivity (Wildman–Crippen MR) is 82.2 cm³/mol. The molecule has 0 radical (unpaired) electrons. The lowest BCUT2D eigenvalue weighted by atomic mass is 10.1. The summed E-state index contributed by atoms with van der Waals surface area (Å²) in [6.07, 6.45) is 1.55. The van der Waals surface area contributed by atoms with Gasteiger partial charge < -0.3 is 10.1 Å². The van der Waals surface area contributed by atoms with E-state index in [2.05, 4.69) is 10.3 Å². The van der Waals surface area contributed by atoms with Gasteiger partial charge in [-0.2, -0.15) is 0 Å². The van der Waals surface area contributed by atoms with Crippen molar-refractivity contribution >= 4 is 17.5 Å². The molecule has 4 nitrogen and oxygen atoms in total. The normalized spacial score (nSPS) is 10.4. The van der Waals surface area contributed by atoms with E-state index in [0.717, 1.165) is 11.1 Å². The average Bonchev–Trinajstić information content (AvgIpc) is 2.52. The van der Waals surface area contributed by atoms with Crippen LogP contribution in [0.1, 0.15) is 28.4 Å². The molecule has 21 heavy (non-hydrogen) atoms. The molecule has 2 rings (SSSR count). The van der Waals surface area contributed by atoms with Crippen LogP contribution in [-0.4, -0.2) is 17.5 Å². The van der Waals surface area contributed by atoms with Crippen LogP contribution in [0.25, 0.3) is 0 Å². The quantitative estimate of drug-likeness (QED) is 0.834. The summed E-state index contributed by atoms with van der Waals surface area (Å²) in [7, 11) is 0. The standard InChI is InChI=1S/C16H17ClN2O2/c1-2-21-11-13-7-4-3-6-12(13)10-19-16(20)14-8-5-9-18-15(14)17/h3-9H,2,10-11H2,1H3,(H,19,20). The van der Waals surface area contributed by atoms with Gasteiger partial charge in [-0.05, 0) is 30.2 Å². The van der Waals surface area contributed by atoms with Crippen LogP contribution < -0.4 is 5.32 Å². The summed E-state index contributed by atoms with van der Waals surface area (Å²) in [5.74, 6) is -0.237. The van der Waals surface area contributed by atoms with E-state index < -0.39 is 0 Å². The molecule has 1 N–H and O–H groups in total. The number of nitrogens with zero attached hydrogens (tertiary/aromatic N) is 1. The Hall–Kier alpha value is -1.91. The van der Waals surface area contributed by atoms with Gasteiger partial charge in [-0.1, -0.05) is 35.9 Å². The highest BCUT2D eigenvalue weighted by Gasteiger charge is 2.11. The number of aromatic nitrogens is 1. The van der Waals surface area contributed by atoms with Gasteiger partial charge >= 0.3 is 0 Å². The van der Waals surface area contributed by atoms with Crippen LogP contribution in [-0.2, 0) is 17.9 Å². The molecule has 0 atom stereocenters. The molecule has 0 unspecified atom stereocenters. The van der Waals surface area contributed by atoms with E-state index in [1.165, 1.54) is 0 Å². The number of hydrogen-bond acceptors (Lipinski definition) is 3. The monoisotopic (exact) mass is 304 g/mol. The zero-order valence-electron chi connectivity index (χ0n) is 11.8. The molecule has 1 aromatic heterocycles. The molecular weight excluding hydrogens is 288 g/mol. The van der Waals surface area contributed by atoms with E-state index in [-0.39, 0.29) is 11.1 Å². The molecular formula is C16H17ClN2O2. The Balaban J connectivity index is 2.03. The number of hydrogen-bond donors (Lipinski definition) is 1. The lowest BCUT2D eigenvalue weighted by Crippen LogP contribution is -2.24. The second-order valence-electron chi connectivity index (χ2n) is 4.43. The molecule has 0 saturated heterocycles. The molecule has 0 bridgehead atoms. The fourth-order valence-corrected chi connectivity index (χ4v) is 2.11. The van der Waals surface area contributed by atoms with Crippen LogP contribution >= 0.6 is 11.6 Å². The van der Waals surface area contributed by atoms with Gasteiger partial charge in [-0.15, -0.1) is 0 Å². The topological polar surface area (TPSA) is 51.2 Å². The van der Waals surface area contributed by atoms with Crippen molar-refractivity contribution < 1.29 is 9.53 Å². The molecule has 5 heteroatoms. The largest absolute Gasteiger partial charge is 0.377 e. The molecule has 1 amide bonds. The van der Waals surface area contributed by atoms with Crippen LogP contribution in [0.5, 0.6) is 0 Å². The Morgan fingerprint density at radius 2 is 2.00 bits per heavy atom. The Morgan fingerprint density at radius 3 is 2.71 bits per heavy atom. The van der Waals surface area contributed by atoms with Crippen LogP contribution in [0.4, 0.5) is 0 Å². The van der Waals surface area contributed by atoms with Gasteiger partial charge in [0.25, 0.3) is 5.91 Å². The van der Waals surface area contributed by atoms with E-state index >= 15 is 0 Å². The second-order valence-corrected chi connectivity index (χ2v) is 4.79. The van der Waals surface area contributed by atoms with Crippen molar-refractivity contribution in [2.45, 2.75) is 20.1 Å². The minimum absolute atomic E-state index is 0.206. The first-order valence-corrected chi connectivity index (χ1v) is 7.13. The number of pyridine rings is 1. The van der Waals surface area contributed by atoms with Crippen molar-refractivity contribution in [1.29, 1.82) is 0 Å². The Morgan fingerprint density at radius 1 is 1.24 bits per heavy atom. The molecule has 0 aliphatic heterocycles. The number of carbonyl (C=O) groups is 1.